The maximum atomic E-state index is 11.1. The third kappa shape index (κ3) is 3.84. The van der Waals surface area contributed by atoms with Gasteiger partial charge in [0.25, 0.3) is 0 Å². The molecule has 4 nitrogen and oxygen atoms in total. The van der Waals surface area contributed by atoms with E-state index >= 15 is 0 Å². The Hall–Kier alpha value is -0.820. The van der Waals surface area contributed by atoms with Crippen molar-refractivity contribution < 1.29 is 19.7 Å². The Morgan fingerprint density at radius 2 is 2.11 bits per heavy atom. The second kappa shape index (κ2) is 5.88. The van der Waals surface area contributed by atoms with Crippen LogP contribution in [0.3, 0.4) is 0 Å². The van der Waals surface area contributed by atoms with Gasteiger partial charge in [-0.05, 0) is 53.6 Å². The average Bonchev–Trinajstić information content (AvgIpc) is 2.27. The van der Waals surface area contributed by atoms with Crippen molar-refractivity contribution in [2.24, 2.45) is 5.92 Å². The fraction of sp³-hybridized carbons (Fsp3) is 0.462. The van der Waals surface area contributed by atoms with Gasteiger partial charge in [-0.25, -0.2) is 4.79 Å². The number of carbonyl (C=O) groups is 1. The molecule has 100 valence electrons. The number of hydrogen-bond acceptors (Lipinski definition) is 3. The maximum Gasteiger partial charge on any atom is 0.339 e. The number of halogens is 1. The molecule has 0 heterocycles. The first kappa shape index (κ1) is 15.2. The lowest BCUT2D eigenvalue weighted by molar-refractivity contribution is -0.0269. The maximum absolute atomic E-state index is 11.1. The van der Waals surface area contributed by atoms with Crippen molar-refractivity contribution >= 4 is 28.6 Å². The molecule has 1 aromatic rings. The predicted molar refractivity (Wildman–Crippen MR) is 77.1 cm³/mol. The normalized spacial score (nSPS) is 14.3. The highest BCUT2D eigenvalue weighted by atomic mass is 127. The van der Waals surface area contributed by atoms with E-state index in [-0.39, 0.29) is 23.8 Å². The number of aromatic carboxylic acids is 1. The van der Waals surface area contributed by atoms with Crippen LogP contribution >= 0.6 is 22.6 Å². The van der Waals surface area contributed by atoms with Crippen molar-refractivity contribution in [3.63, 3.8) is 0 Å². The van der Waals surface area contributed by atoms with Gasteiger partial charge in [0.1, 0.15) is 17.9 Å². The van der Waals surface area contributed by atoms with Crippen LogP contribution in [0.4, 0.5) is 0 Å². The largest absolute Gasteiger partial charge is 0.490 e. The first-order valence-electron chi connectivity index (χ1n) is 5.62. The summed E-state index contributed by atoms with van der Waals surface area (Å²) in [7, 11) is 0. The molecule has 0 aromatic heterocycles. The Labute approximate surface area is 120 Å². The van der Waals surface area contributed by atoms with E-state index in [0.717, 1.165) is 3.57 Å². The van der Waals surface area contributed by atoms with Crippen LogP contribution in [0.2, 0.25) is 0 Å². The molecule has 0 radical (unpaired) electrons. The van der Waals surface area contributed by atoms with Crippen LogP contribution in [-0.4, -0.2) is 28.4 Å². The predicted octanol–water partition coefficient (Wildman–Crippen LogP) is 2.78. The molecule has 0 bridgehead atoms. The topological polar surface area (TPSA) is 66.8 Å². The number of rotatable bonds is 5. The molecule has 1 aromatic carbocycles. The second-order valence-electron chi connectivity index (χ2n) is 4.75. The lowest BCUT2D eigenvalue weighted by atomic mass is 9.94. The smallest absolute Gasteiger partial charge is 0.339 e. The Morgan fingerprint density at radius 1 is 1.50 bits per heavy atom. The Balaban J connectivity index is 2.89. The zero-order chi connectivity index (χ0) is 13.9. The van der Waals surface area contributed by atoms with Gasteiger partial charge in [0, 0.05) is 3.57 Å². The van der Waals surface area contributed by atoms with E-state index in [0.29, 0.717) is 0 Å². The minimum Gasteiger partial charge on any atom is -0.490 e. The lowest BCUT2D eigenvalue weighted by Crippen LogP contribution is -2.38. The minimum atomic E-state index is -1.03. The Kier molecular flexibility index (Phi) is 4.98. The highest BCUT2D eigenvalue weighted by Gasteiger charge is 2.26. The molecular formula is C13H17IO4. The molecule has 0 aliphatic rings. The molecule has 0 aliphatic heterocycles. The van der Waals surface area contributed by atoms with Gasteiger partial charge in [0.15, 0.2) is 0 Å². The van der Waals surface area contributed by atoms with Crippen LogP contribution < -0.4 is 4.74 Å². The van der Waals surface area contributed by atoms with Gasteiger partial charge in [0.05, 0.1) is 5.60 Å². The highest BCUT2D eigenvalue weighted by Crippen LogP contribution is 2.24. The summed E-state index contributed by atoms with van der Waals surface area (Å²) in [4.78, 5) is 11.1. The Morgan fingerprint density at radius 3 is 2.61 bits per heavy atom. The van der Waals surface area contributed by atoms with Gasteiger partial charge in [-0.1, -0.05) is 13.8 Å². The fourth-order valence-corrected chi connectivity index (χ4v) is 1.68. The SMILES string of the molecule is CC(C)C(C)(O)COc1ccc(I)cc1C(=O)O. The number of carboxylic acids is 1. The average molecular weight is 364 g/mol. The van der Waals surface area contributed by atoms with Gasteiger partial charge in [0.2, 0.25) is 0 Å². The zero-order valence-electron chi connectivity index (χ0n) is 10.6. The molecule has 0 fully saturated rings. The minimum absolute atomic E-state index is 0.0228. The summed E-state index contributed by atoms with van der Waals surface area (Å²) in [6.07, 6.45) is 0. The number of aliphatic hydroxyl groups is 1. The van der Waals surface area contributed by atoms with E-state index in [2.05, 4.69) is 0 Å². The fourth-order valence-electron chi connectivity index (χ4n) is 1.19. The zero-order valence-corrected chi connectivity index (χ0v) is 12.8. The molecule has 1 atom stereocenters. The quantitative estimate of drug-likeness (QED) is 0.789. The summed E-state index contributed by atoms with van der Waals surface area (Å²) in [6.45, 7) is 5.50. The van der Waals surface area contributed by atoms with E-state index in [1.54, 1.807) is 25.1 Å². The van der Waals surface area contributed by atoms with E-state index in [4.69, 9.17) is 9.84 Å². The van der Waals surface area contributed by atoms with Crippen molar-refractivity contribution in [1.29, 1.82) is 0 Å². The second-order valence-corrected chi connectivity index (χ2v) is 5.99. The van der Waals surface area contributed by atoms with Gasteiger partial charge >= 0.3 is 5.97 Å². The van der Waals surface area contributed by atoms with Gasteiger partial charge in [-0.3, -0.25) is 0 Å². The summed E-state index contributed by atoms with van der Waals surface area (Å²) in [5.41, 5.74) is -0.875. The third-order valence-electron chi connectivity index (χ3n) is 2.94. The first-order chi connectivity index (χ1) is 8.24. The van der Waals surface area contributed by atoms with E-state index in [1.807, 2.05) is 36.4 Å². The van der Waals surface area contributed by atoms with Crippen LogP contribution in [-0.2, 0) is 0 Å². The molecule has 0 aliphatic carbocycles. The molecular weight excluding hydrogens is 347 g/mol. The molecule has 2 N–H and O–H groups in total. The molecule has 0 amide bonds. The molecule has 0 spiro atoms. The van der Waals surface area contributed by atoms with Crippen LogP contribution in [0.1, 0.15) is 31.1 Å². The van der Waals surface area contributed by atoms with Crippen LogP contribution in [0.25, 0.3) is 0 Å². The number of hydrogen-bond donors (Lipinski definition) is 2. The van der Waals surface area contributed by atoms with Crippen molar-refractivity contribution in [2.75, 3.05) is 6.61 Å². The number of ether oxygens (including phenoxy) is 1. The monoisotopic (exact) mass is 364 g/mol. The first-order valence-corrected chi connectivity index (χ1v) is 6.70. The molecule has 1 unspecified atom stereocenters. The summed E-state index contributed by atoms with van der Waals surface area (Å²) in [5.74, 6) is -0.730. The van der Waals surface area contributed by atoms with Crippen LogP contribution in [0, 0.1) is 9.49 Å². The van der Waals surface area contributed by atoms with Crippen LogP contribution in [0.5, 0.6) is 5.75 Å². The van der Waals surface area contributed by atoms with Crippen molar-refractivity contribution in [3.8, 4) is 5.75 Å². The van der Waals surface area contributed by atoms with E-state index in [9.17, 15) is 9.90 Å². The highest BCUT2D eigenvalue weighted by molar-refractivity contribution is 14.1. The molecule has 0 saturated heterocycles. The van der Waals surface area contributed by atoms with Crippen molar-refractivity contribution in [1.82, 2.24) is 0 Å². The lowest BCUT2D eigenvalue weighted by Gasteiger charge is -2.27. The summed E-state index contributed by atoms with van der Waals surface area (Å²) in [6, 6.07) is 4.93. The Bertz CT molecular complexity index is 441. The molecule has 18 heavy (non-hydrogen) atoms. The van der Waals surface area contributed by atoms with Gasteiger partial charge in [-0.2, -0.15) is 0 Å². The summed E-state index contributed by atoms with van der Waals surface area (Å²) in [5, 5.41) is 19.1. The van der Waals surface area contributed by atoms with E-state index in [1.165, 1.54) is 0 Å². The number of carboxylic acid groups (broad SMARTS) is 1. The van der Waals surface area contributed by atoms with E-state index < -0.39 is 11.6 Å². The van der Waals surface area contributed by atoms with Gasteiger partial charge < -0.3 is 14.9 Å². The van der Waals surface area contributed by atoms with Crippen molar-refractivity contribution in [3.05, 3.63) is 27.3 Å². The molecule has 5 heteroatoms. The third-order valence-corrected chi connectivity index (χ3v) is 3.61. The summed E-state index contributed by atoms with van der Waals surface area (Å²) < 4.78 is 6.27. The number of benzene rings is 1. The standard InChI is InChI=1S/C13H17IO4/c1-8(2)13(3,17)7-18-11-5-4-9(14)6-10(11)12(15)16/h4-6,8,17H,7H2,1-3H3,(H,15,16). The molecule has 0 saturated carbocycles. The van der Waals surface area contributed by atoms with Gasteiger partial charge in [-0.15, -0.1) is 0 Å². The summed E-state index contributed by atoms with van der Waals surface area (Å²) >= 11 is 2.04. The molecule has 1 rings (SSSR count). The van der Waals surface area contributed by atoms with Crippen molar-refractivity contribution in [2.45, 2.75) is 26.4 Å². The van der Waals surface area contributed by atoms with Crippen LogP contribution in [0.15, 0.2) is 18.2 Å².